The maximum absolute atomic E-state index is 5.28. The van der Waals surface area contributed by atoms with Crippen molar-refractivity contribution in [3.05, 3.63) is 0 Å². The van der Waals surface area contributed by atoms with E-state index >= 15 is 0 Å². The Kier molecular flexibility index (Phi) is 5.51. The molecule has 0 aromatic rings. The molecule has 0 aromatic carbocycles. The normalized spacial score (nSPS) is 12.0. The second-order valence-corrected chi connectivity index (χ2v) is 3.08. The molecule has 0 saturated heterocycles. The van der Waals surface area contributed by atoms with Gasteiger partial charge in [0.05, 0.1) is 13.3 Å². The molecule has 0 aliphatic carbocycles. The zero-order chi connectivity index (χ0) is 8.74. The zero-order valence-electron chi connectivity index (χ0n) is 8.02. The number of rotatable bonds is 6. The van der Waals surface area contributed by atoms with Gasteiger partial charge in [-0.1, -0.05) is 20.8 Å². The van der Waals surface area contributed by atoms with Gasteiger partial charge in [-0.15, -0.1) is 0 Å². The van der Waals surface area contributed by atoms with Crippen molar-refractivity contribution < 1.29 is 4.74 Å². The van der Waals surface area contributed by atoms with E-state index in [2.05, 4.69) is 20.8 Å². The Labute approximate surface area is 70.1 Å². The van der Waals surface area contributed by atoms with Crippen LogP contribution in [0.3, 0.4) is 0 Å². The maximum Gasteiger partial charge on any atom is 0.0940 e. The monoisotopic (exact) mass is 159 g/mol. The van der Waals surface area contributed by atoms with Crippen molar-refractivity contribution in [2.45, 2.75) is 40.0 Å². The minimum Gasteiger partial charge on any atom is -0.366 e. The molecule has 0 fully saturated rings. The third-order valence-electron chi connectivity index (χ3n) is 2.78. The third kappa shape index (κ3) is 3.21. The van der Waals surface area contributed by atoms with Gasteiger partial charge in [-0.05, 0) is 24.7 Å². The summed E-state index contributed by atoms with van der Waals surface area (Å²) in [6.45, 7) is 7.81. The fourth-order valence-electron chi connectivity index (χ4n) is 1.33. The summed E-state index contributed by atoms with van der Waals surface area (Å²) in [6.07, 6.45) is 3.54. The van der Waals surface area contributed by atoms with Crippen LogP contribution in [0, 0.1) is 5.41 Å². The van der Waals surface area contributed by atoms with Crippen LogP contribution >= 0.6 is 0 Å². The Bertz CT molecular complexity index is 81.3. The molecule has 2 nitrogen and oxygen atoms in total. The summed E-state index contributed by atoms with van der Waals surface area (Å²) in [7, 11) is 0. The number of nitrogens with two attached hydrogens (primary N) is 1. The highest BCUT2D eigenvalue weighted by molar-refractivity contribution is 4.73. The third-order valence-corrected chi connectivity index (χ3v) is 2.78. The van der Waals surface area contributed by atoms with Crippen LogP contribution in [0.2, 0.25) is 0 Å². The molecular weight excluding hydrogens is 138 g/mol. The molecule has 0 aliphatic heterocycles. The van der Waals surface area contributed by atoms with Crippen molar-refractivity contribution >= 4 is 0 Å². The lowest BCUT2D eigenvalue weighted by Crippen LogP contribution is -2.26. The van der Waals surface area contributed by atoms with E-state index in [1.807, 2.05) is 0 Å². The second kappa shape index (κ2) is 5.56. The molecule has 0 radical (unpaired) electrons. The molecule has 0 unspecified atom stereocenters. The Morgan fingerprint density at radius 2 is 1.55 bits per heavy atom. The quantitative estimate of drug-likeness (QED) is 0.603. The summed E-state index contributed by atoms with van der Waals surface area (Å²) in [6, 6.07) is 0. The molecule has 0 amide bonds. The van der Waals surface area contributed by atoms with E-state index < -0.39 is 0 Å². The Hall–Kier alpha value is -0.0800. The van der Waals surface area contributed by atoms with Crippen molar-refractivity contribution in [3.63, 3.8) is 0 Å². The predicted octanol–water partition coefficient (Wildman–Crippen LogP) is 2.14. The molecule has 0 heterocycles. The van der Waals surface area contributed by atoms with Gasteiger partial charge >= 0.3 is 0 Å². The van der Waals surface area contributed by atoms with Crippen LogP contribution in [-0.4, -0.2) is 13.3 Å². The van der Waals surface area contributed by atoms with Crippen molar-refractivity contribution in [1.82, 2.24) is 0 Å². The lowest BCUT2D eigenvalue weighted by Gasteiger charge is -2.29. The molecule has 0 saturated carbocycles. The van der Waals surface area contributed by atoms with Crippen LogP contribution in [0.5, 0.6) is 0 Å². The molecule has 2 N–H and O–H groups in total. The average molecular weight is 159 g/mol. The Balaban J connectivity index is 3.84. The molecule has 0 rings (SSSR count). The lowest BCUT2D eigenvalue weighted by molar-refractivity contribution is 0.0386. The first-order chi connectivity index (χ1) is 5.24. The van der Waals surface area contributed by atoms with Gasteiger partial charge in [0.15, 0.2) is 0 Å². The smallest absolute Gasteiger partial charge is 0.0940 e. The molecule has 11 heavy (non-hydrogen) atoms. The lowest BCUT2D eigenvalue weighted by atomic mass is 9.81. The van der Waals surface area contributed by atoms with Gasteiger partial charge in [-0.3, -0.25) is 0 Å². The predicted molar refractivity (Wildman–Crippen MR) is 48.3 cm³/mol. The minimum atomic E-state index is 0.349. The van der Waals surface area contributed by atoms with E-state index in [0.29, 0.717) is 12.1 Å². The molecule has 0 spiro atoms. The Morgan fingerprint density at radius 1 is 1.09 bits per heavy atom. The van der Waals surface area contributed by atoms with E-state index in [1.165, 1.54) is 19.3 Å². The standard InChI is InChI=1S/C9H21NO/c1-4-9(5-2,6-3)7-11-8-10/h4-8,10H2,1-3H3. The average Bonchev–Trinajstić information content (AvgIpc) is 2.08. The molecule has 0 atom stereocenters. The first-order valence-corrected chi connectivity index (χ1v) is 4.52. The highest BCUT2D eigenvalue weighted by atomic mass is 16.5. The molecule has 0 aliphatic rings. The van der Waals surface area contributed by atoms with Gasteiger partial charge in [-0.2, -0.15) is 0 Å². The van der Waals surface area contributed by atoms with Crippen LogP contribution in [-0.2, 0) is 4.74 Å². The van der Waals surface area contributed by atoms with Gasteiger partial charge in [0.25, 0.3) is 0 Å². The summed E-state index contributed by atoms with van der Waals surface area (Å²) < 4.78 is 5.25. The first-order valence-electron chi connectivity index (χ1n) is 4.52. The van der Waals surface area contributed by atoms with Crippen LogP contribution in [0.1, 0.15) is 40.0 Å². The van der Waals surface area contributed by atoms with Crippen molar-refractivity contribution in [2.24, 2.45) is 11.1 Å². The number of ether oxygens (including phenoxy) is 1. The fraction of sp³-hybridized carbons (Fsp3) is 1.00. The summed E-state index contributed by atoms with van der Waals surface area (Å²) in [5.74, 6) is 0. The van der Waals surface area contributed by atoms with E-state index in [4.69, 9.17) is 10.5 Å². The first kappa shape index (κ1) is 10.9. The van der Waals surface area contributed by atoms with Crippen LogP contribution in [0.25, 0.3) is 0 Å². The summed E-state index contributed by atoms with van der Waals surface area (Å²) in [4.78, 5) is 0. The second-order valence-electron chi connectivity index (χ2n) is 3.08. The van der Waals surface area contributed by atoms with Gasteiger partial charge in [0.1, 0.15) is 0 Å². The van der Waals surface area contributed by atoms with Gasteiger partial charge in [-0.25, -0.2) is 0 Å². The largest absolute Gasteiger partial charge is 0.366 e. The van der Waals surface area contributed by atoms with Gasteiger partial charge in [0.2, 0.25) is 0 Å². The summed E-state index contributed by atoms with van der Waals surface area (Å²) >= 11 is 0. The highest BCUT2D eigenvalue weighted by Crippen LogP contribution is 2.30. The van der Waals surface area contributed by atoms with Gasteiger partial charge in [0, 0.05) is 0 Å². The SMILES string of the molecule is CCC(CC)(CC)COCN. The van der Waals surface area contributed by atoms with Crippen molar-refractivity contribution in [2.75, 3.05) is 13.3 Å². The van der Waals surface area contributed by atoms with Gasteiger partial charge < -0.3 is 10.5 Å². The number of hydrogen-bond acceptors (Lipinski definition) is 2. The highest BCUT2D eigenvalue weighted by Gasteiger charge is 2.23. The molecular formula is C9H21NO. The molecule has 0 aromatic heterocycles. The summed E-state index contributed by atoms with van der Waals surface area (Å²) in [5, 5.41) is 0. The molecule has 68 valence electrons. The van der Waals surface area contributed by atoms with Crippen LogP contribution in [0.15, 0.2) is 0 Å². The molecule has 0 bridgehead atoms. The number of hydrogen-bond donors (Lipinski definition) is 1. The Morgan fingerprint density at radius 3 is 1.82 bits per heavy atom. The van der Waals surface area contributed by atoms with E-state index in [1.54, 1.807) is 0 Å². The fourth-order valence-corrected chi connectivity index (χ4v) is 1.33. The minimum absolute atomic E-state index is 0.349. The van der Waals surface area contributed by atoms with Crippen LogP contribution in [0.4, 0.5) is 0 Å². The van der Waals surface area contributed by atoms with E-state index in [-0.39, 0.29) is 0 Å². The topological polar surface area (TPSA) is 35.2 Å². The van der Waals surface area contributed by atoms with Crippen molar-refractivity contribution in [1.29, 1.82) is 0 Å². The maximum atomic E-state index is 5.28. The van der Waals surface area contributed by atoms with E-state index in [0.717, 1.165) is 6.61 Å². The molecule has 2 heteroatoms. The van der Waals surface area contributed by atoms with E-state index in [9.17, 15) is 0 Å². The zero-order valence-corrected chi connectivity index (χ0v) is 8.02. The summed E-state index contributed by atoms with van der Waals surface area (Å²) in [5.41, 5.74) is 5.65. The van der Waals surface area contributed by atoms with Crippen molar-refractivity contribution in [3.8, 4) is 0 Å². The van der Waals surface area contributed by atoms with Crippen LogP contribution < -0.4 is 5.73 Å².